The Balaban J connectivity index is 2.07. The zero-order chi connectivity index (χ0) is 18.6. The van der Waals surface area contributed by atoms with E-state index in [0.29, 0.717) is 16.5 Å². The average Bonchev–Trinajstić information content (AvgIpc) is 2.56. The van der Waals surface area contributed by atoms with Gasteiger partial charge >= 0.3 is 0 Å². The minimum absolute atomic E-state index is 0.0668. The second-order valence-corrected chi connectivity index (χ2v) is 6.95. The number of ether oxygens (including phenoxy) is 1. The number of rotatable bonds is 6. The molecule has 1 unspecified atom stereocenters. The van der Waals surface area contributed by atoms with Gasteiger partial charge in [-0.15, -0.1) is 0 Å². The van der Waals surface area contributed by atoms with Gasteiger partial charge in [-0.25, -0.2) is 0 Å². The third-order valence-corrected chi connectivity index (χ3v) is 4.75. The van der Waals surface area contributed by atoms with E-state index in [4.69, 9.17) is 16.3 Å². The normalized spacial score (nSPS) is 13.2. The van der Waals surface area contributed by atoms with Crippen molar-refractivity contribution >= 4 is 23.2 Å². The molecule has 0 fully saturated rings. The molecule has 2 rings (SSSR count). The summed E-state index contributed by atoms with van der Waals surface area (Å²) in [5.74, 6) is 0.528. The molecule has 2 N–H and O–H groups in total. The van der Waals surface area contributed by atoms with E-state index >= 15 is 0 Å². The molecule has 2 atom stereocenters. The van der Waals surface area contributed by atoms with Gasteiger partial charge in [-0.3, -0.25) is 4.79 Å². The highest BCUT2D eigenvalue weighted by Crippen LogP contribution is 2.27. The average molecular weight is 362 g/mol. The summed E-state index contributed by atoms with van der Waals surface area (Å²) in [4.78, 5) is 13.7. The lowest BCUT2D eigenvalue weighted by Gasteiger charge is -2.22. The van der Waals surface area contributed by atoms with E-state index in [-0.39, 0.29) is 11.9 Å². The number of benzene rings is 2. The molecule has 5 heteroatoms. The highest BCUT2D eigenvalue weighted by Gasteiger charge is 2.23. The highest BCUT2D eigenvalue weighted by atomic mass is 35.5. The summed E-state index contributed by atoms with van der Waals surface area (Å²) in [6, 6.07) is 11.4. The summed E-state index contributed by atoms with van der Waals surface area (Å²) < 4.78 is 5.28. The van der Waals surface area contributed by atoms with Crippen LogP contribution in [0, 0.1) is 13.8 Å². The number of carbonyl (C=O) groups excluding carboxylic acids is 1. The lowest BCUT2D eigenvalue weighted by Crippen LogP contribution is -3.12. The second kappa shape index (κ2) is 8.37. The summed E-state index contributed by atoms with van der Waals surface area (Å²) in [5.41, 5.74) is 4.34. The lowest BCUT2D eigenvalue weighted by molar-refractivity contribution is -0.907. The van der Waals surface area contributed by atoms with Crippen LogP contribution < -0.4 is 15.0 Å². The van der Waals surface area contributed by atoms with Crippen LogP contribution >= 0.6 is 11.6 Å². The van der Waals surface area contributed by atoms with Crippen molar-refractivity contribution in [2.24, 2.45) is 0 Å². The molecule has 0 heterocycles. The number of carbonyl (C=O) groups is 1. The quantitative estimate of drug-likeness (QED) is 0.830. The van der Waals surface area contributed by atoms with Crippen LogP contribution in [0.5, 0.6) is 5.75 Å². The van der Waals surface area contributed by atoms with Gasteiger partial charge in [-0.1, -0.05) is 35.4 Å². The molecular formula is C20H26ClN2O2+. The van der Waals surface area contributed by atoms with Crippen molar-refractivity contribution in [1.29, 1.82) is 0 Å². The Kier molecular flexibility index (Phi) is 6.45. The molecule has 0 saturated carbocycles. The molecular weight excluding hydrogens is 336 g/mol. The SMILES string of the molecule is COc1ccc(Cl)cc1NC(=O)[C@@H](C)[NH+](C)Cc1ccc(C)cc1C. The topological polar surface area (TPSA) is 42.8 Å². The van der Waals surface area contributed by atoms with Crippen LogP contribution in [0.3, 0.4) is 0 Å². The first-order chi connectivity index (χ1) is 11.8. The monoisotopic (exact) mass is 361 g/mol. The van der Waals surface area contributed by atoms with E-state index in [0.717, 1.165) is 11.4 Å². The summed E-state index contributed by atoms with van der Waals surface area (Å²) in [5, 5.41) is 3.48. The number of methoxy groups -OCH3 is 1. The van der Waals surface area contributed by atoms with Gasteiger partial charge in [0.25, 0.3) is 5.91 Å². The van der Waals surface area contributed by atoms with E-state index in [1.807, 2.05) is 14.0 Å². The van der Waals surface area contributed by atoms with Gasteiger partial charge in [0.2, 0.25) is 0 Å². The number of hydrogen-bond donors (Lipinski definition) is 2. The van der Waals surface area contributed by atoms with Gasteiger partial charge in [0.05, 0.1) is 19.8 Å². The minimum atomic E-state index is -0.218. The first-order valence-corrected chi connectivity index (χ1v) is 8.72. The molecule has 2 aromatic carbocycles. The van der Waals surface area contributed by atoms with Crippen LogP contribution in [-0.4, -0.2) is 26.1 Å². The van der Waals surface area contributed by atoms with Gasteiger partial charge in [0.1, 0.15) is 12.3 Å². The third-order valence-electron chi connectivity index (χ3n) is 4.52. The Morgan fingerprint density at radius 3 is 2.60 bits per heavy atom. The predicted molar refractivity (Wildman–Crippen MR) is 103 cm³/mol. The second-order valence-electron chi connectivity index (χ2n) is 6.51. The molecule has 0 aliphatic rings. The Bertz CT molecular complexity index is 761. The van der Waals surface area contributed by atoms with Crippen LogP contribution in [0.15, 0.2) is 36.4 Å². The molecule has 0 aromatic heterocycles. The fraction of sp³-hybridized carbons (Fsp3) is 0.350. The number of nitrogens with one attached hydrogen (secondary N) is 2. The van der Waals surface area contributed by atoms with Crippen LogP contribution in [0.4, 0.5) is 5.69 Å². The van der Waals surface area contributed by atoms with E-state index in [1.165, 1.54) is 16.7 Å². The van der Waals surface area contributed by atoms with E-state index in [1.54, 1.807) is 25.3 Å². The largest absolute Gasteiger partial charge is 0.495 e. The fourth-order valence-corrected chi connectivity index (χ4v) is 2.91. The Labute approximate surface area is 154 Å². The molecule has 0 spiro atoms. The first-order valence-electron chi connectivity index (χ1n) is 8.34. The molecule has 0 radical (unpaired) electrons. The zero-order valence-electron chi connectivity index (χ0n) is 15.4. The smallest absolute Gasteiger partial charge is 0.282 e. The number of quaternary nitrogens is 1. The predicted octanol–water partition coefficient (Wildman–Crippen LogP) is 3.01. The van der Waals surface area contributed by atoms with Crippen LogP contribution in [0.2, 0.25) is 5.02 Å². The lowest BCUT2D eigenvalue weighted by atomic mass is 10.0. The van der Waals surface area contributed by atoms with Crippen molar-refractivity contribution in [3.05, 3.63) is 58.1 Å². The summed E-state index contributed by atoms with van der Waals surface area (Å²) in [6.45, 7) is 6.90. The Hall–Kier alpha value is -2.04. The molecule has 0 aliphatic heterocycles. The minimum Gasteiger partial charge on any atom is -0.495 e. The first kappa shape index (κ1) is 19.3. The van der Waals surface area contributed by atoms with E-state index in [2.05, 4.69) is 37.4 Å². The van der Waals surface area contributed by atoms with Crippen LogP contribution in [0.25, 0.3) is 0 Å². The van der Waals surface area contributed by atoms with Crippen molar-refractivity contribution in [3.63, 3.8) is 0 Å². The van der Waals surface area contributed by atoms with Gasteiger partial charge in [-0.2, -0.15) is 0 Å². The van der Waals surface area contributed by atoms with Crippen LogP contribution in [-0.2, 0) is 11.3 Å². The number of hydrogen-bond acceptors (Lipinski definition) is 2. The number of anilines is 1. The van der Waals surface area contributed by atoms with Crippen molar-refractivity contribution in [2.45, 2.75) is 33.4 Å². The van der Waals surface area contributed by atoms with E-state index in [9.17, 15) is 4.79 Å². The molecule has 0 bridgehead atoms. The highest BCUT2D eigenvalue weighted by molar-refractivity contribution is 6.31. The summed E-state index contributed by atoms with van der Waals surface area (Å²) in [7, 11) is 3.60. The molecule has 0 aliphatic carbocycles. The molecule has 134 valence electrons. The maximum absolute atomic E-state index is 12.6. The van der Waals surface area contributed by atoms with Crippen molar-refractivity contribution in [3.8, 4) is 5.75 Å². The van der Waals surface area contributed by atoms with Gasteiger partial charge in [0, 0.05) is 10.6 Å². The maximum atomic E-state index is 12.6. The zero-order valence-corrected chi connectivity index (χ0v) is 16.2. The molecule has 25 heavy (non-hydrogen) atoms. The number of halogens is 1. The molecule has 2 aromatic rings. The molecule has 0 saturated heterocycles. The van der Waals surface area contributed by atoms with Gasteiger partial charge in [0.15, 0.2) is 6.04 Å². The number of likely N-dealkylation sites (N-methyl/N-ethyl adjacent to an activating group) is 1. The molecule has 1 amide bonds. The van der Waals surface area contributed by atoms with Crippen molar-refractivity contribution in [1.82, 2.24) is 0 Å². The van der Waals surface area contributed by atoms with Gasteiger partial charge in [-0.05, 0) is 44.5 Å². The van der Waals surface area contributed by atoms with Crippen molar-refractivity contribution < 1.29 is 14.4 Å². The summed E-state index contributed by atoms with van der Waals surface area (Å²) in [6.07, 6.45) is 0. The summed E-state index contributed by atoms with van der Waals surface area (Å²) >= 11 is 6.02. The standard InChI is InChI=1S/C20H25ClN2O2/c1-13-6-7-16(14(2)10-13)12-23(4)15(3)20(24)22-18-11-17(21)8-9-19(18)25-5/h6-11,15H,12H2,1-5H3,(H,22,24)/p+1/t15-/m1/s1. The Morgan fingerprint density at radius 2 is 1.96 bits per heavy atom. The third kappa shape index (κ3) is 4.97. The number of aryl methyl sites for hydroxylation is 2. The van der Waals surface area contributed by atoms with Crippen LogP contribution in [0.1, 0.15) is 23.6 Å². The molecule has 4 nitrogen and oxygen atoms in total. The Morgan fingerprint density at radius 1 is 1.24 bits per heavy atom. The van der Waals surface area contributed by atoms with E-state index < -0.39 is 0 Å². The maximum Gasteiger partial charge on any atom is 0.282 e. The number of amides is 1. The van der Waals surface area contributed by atoms with Gasteiger partial charge < -0.3 is 15.0 Å². The fourth-order valence-electron chi connectivity index (χ4n) is 2.74. The van der Waals surface area contributed by atoms with Crippen molar-refractivity contribution in [2.75, 3.05) is 19.5 Å².